The molecule has 0 bridgehead atoms. The number of nitrogen functional groups attached to an aromatic ring is 1. The first-order valence-electron chi connectivity index (χ1n) is 5.56. The van der Waals surface area contributed by atoms with Gasteiger partial charge < -0.3 is 5.73 Å². The highest BCUT2D eigenvalue weighted by atomic mass is 14.6. The monoisotopic (exact) mass is 211 g/mol. The maximum Gasteiger partial charge on any atom is 0.0352 e. The number of rotatable bonds is 2. The predicted octanol–water partition coefficient (Wildman–Crippen LogP) is 3.48. The van der Waals surface area contributed by atoms with Crippen LogP contribution in [0.25, 0.3) is 0 Å². The van der Waals surface area contributed by atoms with Crippen LogP contribution in [-0.4, -0.2) is 0 Å². The van der Waals surface area contributed by atoms with Crippen LogP contribution >= 0.6 is 0 Å². The van der Waals surface area contributed by atoms with E-state index in [4.69, 9.17) is 5.73 Å². The van der Waals surface area contributed by atoms with Gasteiger partial charge in [0.05, 0.1) is 0 Å². The molecule has 0 atom stereocenters. The van der Waals surface area contributed by atoms with Gasteiger partial charge in [-0.05, 0) is 43.0 Å². The van der Waals surface area contributed by atoms with E-state index in [-0.39, 0.29) is 0 Å². The average Bonchev–Trinajstić information content (AvgIpc) is 2.25. The van der Waals surface area contributed by atoms with Crippen molar-refractivity contribution in [2.45, 2.75) is 20.3 Å². The van der Waals surface area contributed by atoms with Crippen LogP contribution in [0.3, 0.4) is 0 Å². The Hall–Kier alpha value is -1.76. The molecule has 0 amide bonds. The highest BCUT2D eigenvalue weighted by Crippen LogP contribution is 2.18. The van der Waals surface area contributed by atoms with E-state index in [1.807, 2.05) is 6.07 Å². The van der Waals surface area contributed by atoms with Crippen molar-refractivity contribution in [1.29, 1.82) is 0 Å². The number of benzene rings is 2. The standard InChI is InChI=1S/C15H17N/c1-11-3-6-13(7-4-11)10-14-8-5-12(2)9-15(14)16/h3-9H,10,16H2,1-2H3. The second kappa shape index (κ2) is 4.40. The van der Waals surface area contributed by atoms with Crippen molar-refractivity contribution in [2.75, 3.05) is 5.73 Å². The topological polar surface area (TPSA) is 26.0 Å². The van der Waals surface area contributed by atoms with Crippen LogP contribution in [0.2, 0.25) is 0 Å². The number of hydrogen-bond donors (Lipinski definition) is 1. The molecule has 0 aliphatic heterocycles. The van der Waals surface area contributed by atoms with Gasteiger partial charge in [0.1, 0.15) is 0 Å². The van der Waals surface area contributed by atoms with Crippen LogP contribution in [0.1, 0.15) is 22.3 Å². The maximum absolute atomic E-state index is 6.00. The van der Waals surface area contributed by atoms with E-state index in [1.54, 1.807) is 0 Å². The van der Waals surface area contributed by atoms with Crippen LogP contribution in [0.15, 0.2) is 42.5 Å². The quantitative estimate of drug-likeness (QED) is 0.756. The summed E-state index contributed by atoms with van der Waals surface area (Å²) in [7, 11) is 0. The lowest BCUT2D eigenvalue weighted by atomic mass is 10.0. The number of hydrogen-bond acceptors (Lipinski definition) is 1. The molecule has 0 aliphatic rings. The molecule has 0 aliphatic carbocycles. The summed E-state index contributed by atoms with van der Waals surface area (Å²) in [6, 6.07) is 14.9. The fourth-order valence-corrected chi connectivity index (χ4v) is 1.80. The van der Waals surface area contributed by atoms with Crippen molar-refractivity contribution in [3.05, 3.63) is 64.7 Å². The Morgan fingerprint density at radius 2 is 1.50 bits per heavy atom. The molecule has 0 saturated heterocycles. The maximum atomic E-state index is 6.00. The Balaban J connectivity index is 2.23. The molecule has 2 aromatic carbocycles. The second-order valence-electron chi connectivity index (χ2n) is 4.36. The molecular weight excluding hydrogens is 194 g/mol. The fraction of sp³-hybridized carbons (Fsp3) is 0.200. The zero-order valence-electron chi connectivity index (χ0n) is 9.83. The Kier molecular flexibility index (Phi) is 2.95. The molecule has 2 N–H and O–H groups in total. The predicted molar refractivity (Wildman–Crippen MR) is 69.6 cm³/mol. The minimum absolute atomic E-state index is 0.889. The summed E-state index contributed by atoms with van der Waals surface area (Å²) in [4.78, 5) is 0. The molecular formula is C15H17N. The number of aryl methyl sites for hydroxylation is 2. The normalized spacial score (nSPS) is 10.4. The van der Waals surface area contributed by atoms with Crippen molar-refractivity contribution < 1.29 is 0 Å². The lowest BCUT2D eigenvalue weighted by Gasteiger charge is -2.07. The molecule has 0 unspecified atom stereocenters. The van der Waals surface area contributed by atoms with Crippen LogP contribution < -0.4 is 5.73 Å². The smallest absolute Gasteiger partial charge is 0.0352 e. The van der Waals surface area contributed by atoms with Gasteiger partial charge in [0.2, 0.25) is 0 Å². The molecule has 1 nitrogen and oxygen atoms in total. The first-order chi connectivity index (χ1) is 7.65. The average molecular weight is 211 g/mol. The van der Waals surface area contributed by atoms with E-state index in [9.17, 15) is 0 Å². The summed E-state index contributed by atoms with van der Waals surface area (Å²) >= 11 is 0. The van der Waals surface area contributed by atoms with Gasteiger partial charge in [-0.1, -0.05) is 42.0 Å². The van der Waals surface area contributed by atoms with Crippen LogP contribution in [0.5, 0.6) is 0 Å². The number of anilines is 1. The molecule has 0 saturated carbocycles. The summed E-state index contributed by atoms with van der Waals surface area (Å²) in [5, 5.41) is 0. The van der Waals surface area contributed by atoms with E-state index in [0.717, 1.165) is 12.1 Å². The van der Waals surface area contributed by atoms with Gasteiger partial charge in [0.25, 0.3) is 0 Å². The summed E-state index contributed by atoms with van der Waals surface area (Å²) in [5.41, 5.74) is 11.9. The van der Waals surface area contributed by atoms with Crippen LogP contribution in [-0.2, 0) is 6.42 Å². The fourth-order valence-electron chi connectivity index (χ4n) is 1.80. The Labute approximate surface area is 96.9 Å². The summed E-state index contributed by atoms with van der Waals surface area (Å²) in [6.45, 7) is 4.16. The summed E-state index contributed by atoms with van der Waals surface area (Å²) < 4.78 is 0. The number of nitrogens with two attached hydrogens (primary N) is 1. The zero-order chi connectivity index (χ0) is 11.5. The summed E-state index contributed by atoms with van der Waals surface area (Å²) in [6.07, 6.45) is 0.909. The molecule has 2 rings (SSSR count). The largest absolute Gasteiger partial charge is 0.398 e. The van der Waals surface area contributed by atoms with Crippen LogP contribution in [0, 0.1) is 13.8 Å². The SMILES string of the molecule is Cc1ccc(Cc2ccc(C)cc2N)cc1. The van der Waals surface area contributed by atoms with Crippen molar-refractivity contribution in [1.82, 2.24) is 0 Å². The third kappa shape index (κ3) is 2.43. The minimum Gasteiger partial charge on any atom is -0.398 e. The van der Waals surface area contributed by atoms with Crippen LogP contribution in [0.4, 0.5) is 5.69 Å². The highest BCUT2D eigenvalue weighted by molar-refractivity contribution is 5.50. The molecule has 16 heavy (non-hydrogen) atoms. The van der Waals surface area contributed by atoms with E-state index >= 15 is 0 Å². The van der Waals surface area contributed by atoms with Crippen molar-refractivity contribution in [3.63, 3.8) is 0 Å². The summed E-state index contributed by atoms with van der Waals surface area (Å²) in [5.74, 6) is 0. The van der Waals surface area contributed by atoms with E-state index in [2.05, 4.69) is 50.2 Å². The first-order valence-corrected chi connectivity index (χ1v) is 5.56. The molecule has 1 heteroatoms. The van der Waals surface area contributed by atoms with E-state index in [0.29, 0.717) is 0 Å². The lowest BCUT2D eigenvalue weighted by Crippen LogP contribution is -1.96. The zero-order valence-corrected chi connectivity index (χ0v) is 9.83. The molecule has 82 valence electrons. The van der Waals surface area contributed by atoms with Gasteiger partial charge in [-0.15, -0.1) is 0 Å². The van der Waals surface area contributed by atoms with Gasteiger partial charge >= 0.3 is 0 Å². The highest BCUT2D eigenvalue weighted by Gasteiger charge is 2.00. The minimum atomic E-state index is 0.889. The van der Waals surface area contributed by atoms with E-state index in [1.165, 1.54) is 22.3 Å². The van der Waals surface area contributed by atoms with Crippen molar-refractivity contribution in [2.24, 2.45) is 0 Å². The molecule has 0 fully saturated rings. The Morgan fingerprint density at radius 1 is 0.875 bits per heavy atom. The molecule has 0 heterocycles. The first kappa shape index (κ1) is 10.7. The molecule has 0 spiro atoms. The van der Waals surface area contributed by atoms with E-state index < -0.39 is 0 Å². The van der Waals surface area contributed by atoms with Gasteiger partial charge in [-0.2, -0.15) is 0 Å². The second-order valence-corrected chi connectivity index (χ2v) is 4.36. The van der Waals surface area contributed by atoms with Gasteiger partial charge in [-0.25, -0.2) is 0 Å². The van der Waals surface area contributed by atoms with Crippen molar-refractivity contribution in [3.8, 4) is 0 Å². The van der Waals surface area contributed by atoms with Gasteiger partial charge in [0, 0.05) is 5.69 Å². The Morgan fingerprint density at radius 3 is 2.12 bits per heavy atom. The van der Waals surface area contributed by atoms with Gasteiger partial charge in [0.15, 0.2) is 0 Å². The van der Waals surface area contributed by atoms with Gasteiger partial charge in [-0.3, -0.25) is 0 Å². The molecule has 0 aromatic heterocycles. The third-order valence-corrected chi connectivity index (χ3v) is 2.82. The molecule has 2 aromatic rings. The van der Waals surface area contributed by atoms with Crippen molar-refractivity contribution >= 4 is 5.69 Å². The Bertz CT molecular complexity index is 483. The molecule has 0 radical (unpaired) electrons. The third-order valence-electron chi connectivity index (χ3n) is 2.82. The lowest BCUT2D eigenvalue weighted by molar-refractivity contribution is 1.18.